The van der Waals surface area contributed by atoms with E-state index in [-0.39, 0.29) is 0 Å². The Labute approximate surface area is 174 Å². The van der Waals surface area contributed by atoms with Crippen LogP contribution in [-0.2, 0) is 13.1 Å². The van der Waals surface area contributed by atoms with E-state index < -0.39 is 12.7 Å². The van der Waals surface area contributed by atoms with Gasteiger partial charge in [-0.25, -0.2) is 0 Å². The zero-order valence-electron chi connectivity index (χ0n) is 17.0. The number of aromatic nitrogens is 1. The van der Waals surface area contributed by atoms with Gasteiger partial charge < -0.3 is 20.5 Å². The molecular weight excluding hydrogens is 389 g/mol. The van der Waals surface area contributed by atoms with Crippen LogP contribution in [0.4, 0.5) is 18.9 Å². The van der Waals surface area contributed by atoms with Gasteiger partial charge in [-0.05, 0) is 62.3 Å². The number of rotatable bonds is 5. The number of benzene rings is 2. The SMILES string of the molecule is CN1CCC(Nc2cccc3c2cc(-c2ccc(CN)cc2)n3CC(F)(F)F)CC1. The molecule has 0 bridgehead atoms. The van der Waals surface area contributed by atoms with Crippen LogP contribution in [0.1, 0.15) is 18.4 Å². The number of halogens is 3. The summed E-state index contributed by atoms with van der Waals surface area (Å²) in [5.41, 5.74) is 9.40. The lowest BCUT2D eigenvalue weighted by molar-refractivity contribution is -0.139. The second kappa shape index (κ2) is 8.32. The normalized spacial score (nSPS) is 16.3. The van der Waals surface area contributed by atoms with Crippen molar-refractivity contribution in [2.24, 2.45) is 5.73 Å². The predicted octanol–water partition coefficient (Wildman–Crippen LogP) is 4.84. The molecule has 0 amide bonds. The maximum absolute atomic E-state index is 13.4. The maximum atomic E-state index is 13.4. The Morgan fingerprint density at radius 1 is 1.07 bits per heavy atom. The monoisotopic (exact) mass is 416 g/mol. The first-order chi connectivity index (χ1) is 14.3. The van der Waals surface area contributed by atoms with Gasteiger partial charge in [0.2, 0.25) is 0 Å². The van der Waals surface area contributed by atoms with E-state index in [2.05, 4.69) is 17.3 Å². The molecule has 4 rings (SSSR count). The third-order valence-corrected chi connectivity index (χ3v) is 5.85. The van der Waals surface area contributed by atoms with E-state index in [0.29, 0.717) is 23.8 Å². The van der Waals surface area contributed by atoms with Crippen molar-refractivity contribution in [3.05, 3.63) is 54.1 Å². The number of likely N-dealkylation sites (tertiary alicyclic amines) is 1. The van der Waals surface area contributed by atoms with Crippen molar-refractivity contribution in [2.45, 2.75) is 38.1 Å². The highest BCUT2D eigenvalue weighted by Crippen LogP contribution is 2.35. The smallest absolute Gasteiger partial charge is 0.382 e. The molecule has 1 fully saturated rings. The van der Waals surface area contributed by atoms with Crippen LogP contribution in [0.15, 0.2) is 48.5 Å². The van der Waals surface area contributed by atoms with Gasteiger partial charge in [0, 0.05) is 29.4 Å². The first kappa shape index (κ1) is 20.8. The fraction of sp³-hybridized carbons (Fsp3) is 0.391. The van der Waals surface area contributed by atoms with E-state index in [1.807, 2.05) is 42.5 Å². The minimum Gasteiger partial charge on any atom is -0.382 e. The van der Waals surface area contributed by atoms with Crippen LogP contribution < -0.4 is 11.1 Å². The molecule has 3 aromatic rings. The topological polar surface area (TPSA) is 46.2 Å². The second-order valence-corrected chi connectivity index (χ2v) is 8.09. The number of piperidine rings is 1. The number of hydrogen-bond donors (Lipinski definition) is 2. The molecule has 2 aromatic carbocycles. The van der Waals surface area contributed by atoms with Gasteiger partial charge in [0.1, 0.15) is 6.54 Å². The van der Waals surface area contributed by atoms with Crippen LogP contribution >= 0.6 is 0 Å². The van der Waals surface area contributed by atoms with Crippen LogP contribution in [0.25, 0.3) is 22.2 Å². The van der Waals surface area contributed by atoms with Crippen molar-refractivity contribution in [3.63, 3.8) is 0 Å². The number of fused-ring (bicyclic) bond motifs is 1. The van der Waals surface area contributed by atoms with Crippen molar-refractivity contribution < 1.29 is 13.2 Å². The molecule has 1 aromatic heterocycles. The van der Waals surface area contributed by atoms with E-state index in [4.69, 9.17) is 5.73 Å². The molecule has 1 aliphatic rings. The van der Waals surface area contributed by atoms with Gasteiger partial charge in [0.05, 0.1) is 5.52 Å². The van der Waals surface area contributed by atoms with Crippen LogP contribution in [0.3, 0.4) is 0 Å². The third-order valence-electron chi connectivity index (χ3n) is 5.85. The lowest BCUT2D eigenvalue weighted by Crippen LogP contribution is -2.36. The molecular formula is C23H27F3N4. The summed E-state index contributed by atoms with van der Waals surface area (Å²) in [4.78, 5) is 2.29. The molecule has 160 valence electrons. The van der Waals surface area contributed by atoms with Crippen molar-refractivity contribution in [2.75, 3.05) is 25.5 Å². The molecule has 0 unspecified atom stereocenters. The predicted molar refractivity (Wildman–Crippen MR) is 115 cm³/mol. The number of alkyl halides is 3. The quantitative estimate of drug-likeness (QED) is 0.626. The summed E-state index contributed by atoms with van der Waals surface area (Å²) in [7, 11) is 2.11. The molecule has 0 radical (unpaired) electrons. The molecule has 3 N–H and O–H groups in total. The van der Waals surface area contributed by atoms with Crippen molar-refractivity contribution in [1.29, 1.82) is 0 Å². The Morgan fingerprint density at radius 2 is 1.77 bits per heavy atom. The fourth-order valence-electron chi connectivity index (χ4n) is 4.18. The van der Waals surface area contributed by atoms with Crippen molar-refractivity contribution in [1.82, 2.24) is 9.47 Å². The number of anilines is 1. The molecule has 0 aliphatic carbocycles. The Hall–Kier alpha value is -2.51. The van der Waals surface area contributed by atoms with Crippen LogP contribution in [0.5, 0.6) is 0 Å². The summed E-state index contributed by atoms with van der Waals surface area (Å²) in [6.45, 7) is 1.40. The van der Waals surface area contributed by atoms with Crippen LogP contribution in [-0.4, -0.2) is 41.8 Å². The van der Waals surface area contributed by atoms with Crippen LogP contribution in [0, 0.1) is 0 Å². The maximum Gasteiger partial charge on any atom is 0.406 e. The fourth-order valence-corrected chi connectivity index (χ4v) is 4.18. The zero-order chi connectivity index (χ0) is 21.3. The standard InChI is InChI=1S/C23H27F3N4/c1-29-11-9-18(10-12-29)28-20-3-2-4-21-19(20)13-22(30(21)15-23(24,25)26)17-7-5-16(14-27)6-8-17/h2-8,13,18,28H,9-12,14-15,27H2,1H3. The molecule has 4 nitrogen and oxygen atoms in total. The minimum atomic E-state index is -4.31. The molecule has 0 spiro atoms. The lowest BCUT2D eigenvalue weighted by atomic mass is 10.0. The average Bonchev–Trinajstić information content (AvgIpc) is 3.08. The van der Waals surface area contributed by atoms with E-state index in [9.17, 15) is 13.2 Å². The summed E-state index contributed by atoms with van der Waals surface area (Å²) < 4.78 is 41.6. The van der Waals surface area contributed by atoms with E-state index in [1.165, 1.54) is 4.57 Å². The summed E-state index contributed by atoms with van der Waals surface area (Å²) in [5, 5.41) is 4.40. The van der Waals surface area contributed by atoms with Gasteiger partial charge >= 0.3 is 6.18 Å². The van der Waals surface area contributed by atoms with Crippen molar-refractivity contribution >= 4 is 16.6 Å². The largest absolute Gasteiger partial charge is 0.406 e. The van der Waals surface area contributed by atoms with Gasteiger partial charge in [-0.2, -0.15) is 13.2 Å². The van der Waals surface area contributed by atoms with E-state index in [0.717, 1.165) is 48.1 Å². The molecule has 30 heavy (non-hydrogen) atoms. The Kier molecular flexibility index (Phi) is 5.75. The number of hydrogen-bond acceptors (Lipinski definition) is 3. The highest BCUT2D eigenvalue weighted by molar-refractivity contribution is 5.96. The average molecular weight is 416 g/mol. The number of nitrogens with one attached hydrogen (secondary N) is 1. The Morgan fingerprint density at radius 3 is 2.40 bits per heavy atom. The summed E-state index contributed by atoms with van der Waals surface area (Å²) in [6.07, 6.45) is -2.28. The Balaban J connectivity index is 1.76. The highest BCUT2D eigenvalue weighted by atomic mass is 19.4. The summed E-state index contributed by atoms with van der Waals surface area (Å²) in [6, 6.07) is 15.2. The molecule has 0 atom stereocenters. The summed E-state index contributed by atoms with van der Waals surface area (Å²) >= 11 is 0. The van der Waals surface area contributed by atoms with Gasteiger partial charge in [-0.3, -0.25) is 0 Å². The molecule has 0 saturated carbocycles. The van der Waals surface area contributed by atoms with E-state index in [1.54, 1.807) is 6.07 Å². The Bertz CT molecular complexity index is 1000. The molecule has 2 heterocycles. The van der Waals surface area contributed by atoms with Gasteiger partial charge in [-0.15, -0.1) is 0 Å². The lowest BCUT2D eigenvalue weighted by Gasteiger charge is -2.30. The zero-order valence-corrected chi connectivity index (χ0v) is 17.0. The first-order valence-electron chi connectivity index (χ1n) is 10.3. The van der Waals surface area contributed by atoms with Gasteiger partial charge in [0.25, 0.3) is 0 Å². The second-order valence-electron chi connectivity index (χ2n) is 8.09. The van der Waals surface area contributed by atoms with E-state index >= 15 is 0 Å². The third kappa shape index (κ3) is 4.47. The highest BCUT2D eigenvalue weighted by Gasteiger charge is 2.30. The van der Waals surface area contributed by atoms with Crippen molar-refractivity contribution in [3.8, 4) is 11.3 Å². The first-order valence-corrected chi connectivity index (χ1v) is 10.3. The van der Waals surface area contributed by atoms with Crippen LogP contribution in [0.2, 0.25) is 0 Å². The summed E-state index contributed by atoms with van der Waals surface area (Å²) in [5.74, 6) is 0. The number of nitrogens with two attached hydrogens (primary N) is 1. The molecule has 1 aliphatic heterocycles. The van der Waals surface area contributed by atoms with Gasteiger partial charge in [-0.1, -0.05) is 30.3 Å². The molecule has 7 heteroatoms. The van der Waals surface area contributed by atoms with Gasteiger partial charge in [0.15, 0.2) is 0 Å². The minimum absolute atomic E-state index is 0.324. The molecule has 1 saturated heterocycles. The number of nitrogens with zero attached hydrogens (tertiary/aromatic N) is 2.